The summed E-state index contributed by atoms with van der Waals surface area (Å²) in [6.07, 6.45) is 4.23. The number of aliphatic hydroxyl groups is 1. The van der Waals surface area contributed by atoms with E-state index < -0.39 is 0 Å². The Hall–Kier alpha value is -0.800. The van der Waals surface area contributed by atoms with Crippen LogP contribution in [0.15, 0.2) is 22.5 Å². The lowest BCUT2D eigenvalue weighted by Gasteiger charge is -2.45. The fourth-order valence-electron chi connectivity index (χ4n) is 2.61. The first kappa shape index (κ1) is 9.43. The van der Waals surface area contributed by atoms with Gasteiger partial charge in [0.15, 0.2) is 0 Å². The summed E-state index contributed by atoms with van der Waals surface area (Å²) in [6.45, 7) is 2.25. The monoisotopic (exact) mass is 221 g/mol. The van der Waals surface area contributed by atoms with Crippen molar-refractivity contribution in [3.8, 4) is 0 Å². The van der Waals surface area contributed by atoms with Crippen LogP contribution in [0.4, 0.5) is 0 Å². The molecule has 0 aliphatic carbocycles. The minimum atomic E-state index is -0.229. The number of aliphatic hydroxyl groups excluding tert-OH is 1. The molecule has 1 N–H and O–H groups in total. The zero-order valence-corrected chi connectivity index (χ0v) is 9.41. The van der Waals surface area contributed by atoms with E-state index in [-0.39, 0.29) is 6.10 Å². The quantitative estimate of drug-likeness (QED) is 0.785. The fourth-order valence-corrected chi connectivity index (χ4v) is 3.22. The van der Waals surface area contributed by atoms with Crippen LogP contribution in [0.3, 0.4) is 0 Å². The van der Waals surface area contributed by atoms with E-state index in [1.807, 2.05) is 0 Å². The molecule has 0 spiro atoms. The molecule has 3 saturated heterocycles. The van der Waals surface area contributed by atoms with E-state index in [0.717, 1.165) is 31.6 Å². The highest BCUT2D eigenvalue weighted by atomic mass is 32.1. The predicted octanol–water partition coefficient (Wildman–Crippen LogP) is 2.18. The Morgan fingerprint density at radius 1 is 1.40 bits per heavy atom. The smallest absolute Gasteiger partial charge is 0.0965 e. The molecule has 0 amide bonds. The molecular formula is C12H15NOS. The Labute approximate surface area is 93.8 Å². The Kier molecular flexibility index (Phi) is 2.29. The van der Waals surface area contributed by atoms with Crippen LogP contribution in [0.5, 0.6) is 0 Å². The van der Waals surface area contributed by atoms with Crippen molar-refractivity contribution in [3.05, 3.63) is 28.1 Å². The maximum Gasteiger partial charge on any atom is 0.0965 e. The van der Waals surface area contributed by atoms with Crippen molar-refractivity contribution in [3.63, 3.8) is 0 Å². The molecule has 3 aliphatic rings. The van der Waals surface area contributed by atoms with Crippen molar-refractivity contribution in [1.82, 2.24) is 4.90 Å². The van der Waals surface area contributed by atoms with Crippen molar-refractivity contribution in [2.45, 2.75) is 18.9 Å². The van der Waals surface area contributed by atoms with E-state index in [4.69, 9.17) is 0 Å². The van der Waals surface area contributed by atoms with E-state index in [0.29, 0.717) is 5.92 Å². The lowest BCUT2D eigenvalue weighted by atomic mass is 9.83. The van der Waals surface area contributed by atoms with Gasteiger partial charge in [-0.1, -0.05) is 0 Å². The summed E-state index contributed by atoms with van der Waals surface area (Å²) in [5.41, 5.74) is 2.36. The maximum absolute atomic E-state index is 10.2. The van der Waals surface area contributed by atoms with Crippen LogP contribution in [0, 0.1) is 5.92 Å². The molecular weight excluding hydrogens is 206 g/mol. The summed E-state index contributed by atoms with van der Waals surface area (Å²) in [7, 11) is 0. The summed E-state index contributed by atoms with van der Waals surface area (Å²) in [6, 6.07) is 2.10. The van der Waals surface area contributed by atoms with E-state index >= 15 is 0 Å². The first-order chi connectivity index (χ1) is 7.34. The standard InChI is InChI=1S/C12H15NOS/c14-12-10-1-4-13(5-2-10)11(12)7-9-3-6-15-8-9/h3,6-8,10,12,14H,1-2,4-5H2/b11-7-. The highest BCUT2D eigenvalue weighted by molar-refractivity contribution is 7.08. The fraction of sp³-hybridized carbons (Fsp3) is 0.500. The van der Waals surface area contributed by atoms with Gasteiger partial charge in [-0.05, 0) is 47.2 Å². The number of rotatable bonds is 1. The van der Waals surface area contributed by atoms with Crippen molar-refractivity contribution < 1.29 is 5.11 Å². The van der Waals surface area contributed by atoms with E-state index in [2.05, 4.69) is 27.8 Å². The zero-order valence-electron chi connectivity index (χ0n) is 8.60. The Bertz CT molecular complexity index is 359. The van der Waals surface area contributed by atoms with Gasteiger partial charge in [0.05, 0.1) is 6.10 Å². The average Bonchev–Trinajstić information content (AvgIpc) is 2.77. The van der Waals surface area contributed by atoms with Gasteiger partial charge in [0.25, 0.3) is 0 Å². The van der Waals surface area contributed by atoms with Gasteiger partial charge in [-0.15, -0.1) is 0 Å². The third-order valence-electron chi connectivity index (χ3n) is 3.51. The average molecular weight is 221 g/mol. The minimum absolute atomic E-state index is 0.229. The predicted molar refractivity (Wildman–Crippen MR) is 62.6 cm³/mol. The summed E-state index contributed by atoms with van der Waals surface area (Å²) in [4.78, 5) is 2.34. The SMILES string of the molecule is OC1/C(=C/c2ccsc2)N2CCC1CC2. The highest BCUT2D eigenvalue weighted by Gasteiger charge is 2.36. The van der Waals surface area contributed by atoms with Crippen molar-refractivity contribution >= 4 is 17.4 Å². The second kappa shape index (κ2) is 3.65. The molecule has 3 aliphatic heterocycles. The lowest BCUT2D eigenvalue weighted by Crippen LogP contribution is -2.48. The molecule has 1 aromatic rings. The maximum atomic E-state index is 10.2. The molecule has 0 saturated carbocycles. The molecule has 3 heteroatoms. The van der Waals surface area contributed by atoms with Gasteiger partial charge in [0, 0.05) is 18.8 Å². The molecule has 1 aromatic heterocycles. The molecule has 0 radical (unpaired) electrons. The van der Waals surface area contributed by atoms with Crippen LogP contribution in [-0.2, 0) is 0 Å². The minimum Gasteiger partial charge on any atom is -0.387 e. The van der Waals surface area contributed by atoms with E-state index in [1.54, 1.807) is 11.3 Å². The van der Waals surface area contributed by atoms with Crippen LogP contribution in [0.1, 0.15) is 18.4 Å². The number of hydrogen-bond donors (Lipinski definition) is 1. The van der Waals surface area contributed by atoms with Gasteiger partial charge in [-0.25, -0.2) is 0 Å². The molecule has 2 nitrogen and oxygen atoms in total. The molecule has 15 heavy (non-hydrogen) atoms. The Balaban J connectivity index is 1.92. The molecule has 2 bridgehead atoms. The second-order valence-electron chi connectivity index (χ2n) is 4.40. The van der Waals surface area contributed by atoms with Crippen LogP contribution < -0.4 is 0 Å². The molecule has 1 atom stereocenters. The highest BCUT2D eigenvalue weighted by Crippen LogP contribution is 2.35. The lowest BCUT2D eigenvalue weighted by molar-refractivity contribution is 0.0215. The molecule has 4 rings (SSSR count). The number of fused-ring (bicyclic) bond motifs is 3. The Morgan fingerprint density at radius 2 is 2.20 bits per heavy atom. The largest absolute Gasteiger partial charge is 0.387 e. The van der Waals surface area contributed by atoms with Crippen LogP contribution in [0.25, 0.3) is 6.08 Å². The van der Waals surface area contributed by atoms with Crippen molar-refractivity contribution in [2.75, 3.05) is 13.1 Å². The van der Waals surface area contributed by atoms with Crippen molar-refractivity contribution in [2.24, 2.45) is 5.92 Å². The number of hydrogen-bond acceptors (Lipinski definition) is 3. The van der Waals surface area contributed by atoms with E-state index in [1.165, 1.54) is 5.56 Å². The molecule has 3 fully saturated rings. The van der Waals surface area contributed by atoms with Crippen LogP contribution in [-0.4, -0.2) is 29.2 Å². The van der Waals surface area contributed by atoms with Crippen molar-refractivity contribution in [1.29, 1.82) is 0 Å². The van der Waals surface area contributed by atoms with Gasteiger partial charge < -0.3 is 10.0 Å². The summed E-state index contributed by atoms with van der Waals surface area (Å²) in [5, 5.41) is 14.4. The molecule has 0 aromatic carbocycles. The molecule has 4 heterocycles. The topological polar surface area (TPSA) is 23.5 Å². The van der Waals surface area contributed by atoms with Crippen LogP contribution >= 0.6 is 11.3 Å². The second-order valence-corrected chi connectivity index (χ2v) is 5.18. The summed E-state index contributed by atoms with van der Waals surface area (Å²) >= 11 is 1.70. The third kappa shape index (κ3) is 1.60. The molecule has 1 unspecified atom stereocenters. The number of nitrogens with zero attached hydrogens (tertiary/aromatic N) is 1. The number of piperidine rings is 3. The van der Waals surface area contributed by atoms with Crippen LogP contribution in [0.2, 0.25) is 0 Å². The number of thiophene rings is 1. The summed E-state index contributed by atoms with van der Waals surface area (Å²) in [5.74, 6) is 0.500. The van der Waals surface area contributed by atoms with Gasteiger partial charge in [-0.3, -0.25) is 0 Å². The zero-order chi connectivity index (χ0) is 10.3. The van der Waals surface area contributed by atoms with Gasteiger partial charge in [-0.2, -0.15) is 11.3 Å². The van der Waals surface area contributed by atoms with E-state index in [9.17, 15) is 5.11 Å². The molecule has 80 valence electrons. The normalized spacial score (nSPS) is 32.6. The first-order valence-corrected chi connectivity index (χ1v) is 6.46. The summed E-state index contributed by atoms with van der Waals surface area (Å²) < 4.78 is 0. The van der Waals surface area contributed by atoms with Gasteiger partial charge in [0.2, 0.25) is 0 Å². The third-order valence-corrected chi connectivity index (χ3v) is 4.21. The first-order valence-electron chi connectivity index (χ1n) is 5.51. The Morgan fingerprint density at radius 3 is 2.80 bits per heavy atom. The van der Waals surface area contributed by atoms with Gasteiger partial charge in [0.1, 0.15) is 0 Å². The van der Waals surface area contributed by atoms with Gasteiger partial charge >= 0.3 is 0 Å².